The number of nitrogens with one attached hydrogen (secondary N) is 1. The molecule has 14 heavy (non-hydrogen) atoms. The molecule has 0 amide bonds. The fraction of sp³-hybridized carbons (Fsp3) is 0.727. The van der Waals surface area contributed by atoms with Crippen molar-refractivity contribution in [3.63, 3.8) is 0 Å². The first-order valence-corrected chi connectivity index (χ1v) is 6.33. The summed E-state index contributed by atoms with van der Waals surface area (Å²) in [5, 5.41) is 6.69. The maximum atomic E-state index is 4.61. The normalized spacial score (nSPS) is 17.1. The number of aromatic nitrogens is 1. The van der Waals surface area contributed by atoms with Crippen molar-refractivity contribution in [3.05, 3.63) is 11.1 Å². The molecule has 1 aliphatic carbocycles. The van der Waals surface area contributed by atoms with E-state index in [0.717, 1.165) is 17.6 Å². The molecule has 0 bridgehead atoms. The van der Waals surface area contributed by atoms with Crippen LogP contribution in [0.3, 0.4) is 0 Å². The van der Waals surface area contributed by atoms with E-state index >= 15 is 0 Å². The first-order chi connectivity index (χ1) is 6.75. The second-order valence-corrected chi connectivity index (χ2v) is 5.34. The molecule has 3 heteroatoms. The van der Waals surface area contributed by atoms with Gasteiger partial charge in [-0.2, -0.15) is 0 Å². The molecule has 78 valence electrons. The first-order valence-electron chi connectivity index (χ1n) is 5.45. The van der Waals surface area contributed by atoms with Crippen LogP contribution in [-0.4, -0.2) is 11.5 Å². The van der Waals surface area contributed by atoms with Crippen LogP contribution in [0.4, 0.5) is 5.13 Å². The largest absolute Gasteiger partial charge is 0.361 e. The van der Waals surface area contributed by atoms with E-state index in [-0.39, 0.29) is 0 Å². The molecule has 2 nitrogen and oxygen atoms in total. The van der Waals surface area contributed by atoms with Crippen molar-refractivity contribution >= 4 is 16.5 Å². The number of rotatable bonds is 4. The van der Waals surface area contributed by atoms with Crippen molar-refractivity contribution in [2.75, 3.05) is 11.9 Å². The number of hydrogen-bond acceptors (Lipinski definition) is 3. The zero-order valence-electron chi connectivity index (χ0n) is 8.92. The van der Waals surface area contributed by atoms with Crippen LogP contribution < -0.4 is 5.32 Å². The quantitative estimate of drug-likeness (QED) is 0.823. The van der Waals surface area contributed by atoms with Crippen LogP contribution in [0.2, 0.25) is 0 Å². The summed E-state index contributed by atoms with van der Waals surface area (Å²) in [6.07, 6.45) is 4.07. The van der Waals surface area contributed by atoms with Crippen LogP contribution in [0.5, 0.6) is 0 Å². The van der Waals surface area contributed by atoms with Crippen LogP contribution in [0.25, 0.3) is 0 Å². The Kier molecular flexibility index (Phi) is 3.06. The summed E-state index contributed by atoms with van der Waals surface area (Å²) in [6.45, 7) is 5.46. The van der Waals surface area contributed by atoms with Gasteiger partial charge in [-0.15, -0.1) is 11.3 Å². The van der Waals surface area contributed by atoms with Gasteiger partial charge in [0.15, 0.2) is 5.13 Å². The van der Waals surface area contributed by atoms with Gasteiger partial charge in [0, 0.05) is 17.8 Å². The maximum absolute atomic E-state index is 4.61. The summed E-state index contributed by atoms with van der Waals surface area (Å²) < 4.78 is 0. The molecule has 1 aliphatic rings. The highest BCUT2D eigenvalue weighted by molar-refractivity contribution is 7.13. The Morgan fingerprint density at radius 1 is 1.57 bits per heavy atom. The Hall–Kier alpha value is -0.570. The molecular weight excluding hydrogens is 192 g/mol. The Morgan fingerprint density at radius 2 is 2.36 bits per heavy atom. The molecule has 1 N–H and O–H groups in total. The number of anilines is 1. The Bertz CT molecular complexity index is 289. The molecule has 0 radical (unpaired) electrons. The summed E-state index contributed by atoms with van der Waals surface area (Å²) in [4.78, 5) is 4.61. The minimum atomic E-state index is 0.686. The molecule has 2 rings (SSSR count). The predicted octanol–water partition coefficient (Wildman–Crippen LogP) is 3.48. The van der Waals surface area contributed by atoms with Gasteiger partial charge >= 0.3 is 0 Å². The molecule has 0 unspecified atom stereocenters. The highest BCUT2D eigenvalue weighted by Gasteiger charge is 2.21. The average molecular weight is 210 g/mol. The Morgan fingerprint density at radius 3 is 2.93 bits per heavy atom. The van der Waals surface area contributed by atoms with Crippen LogP contribution >= 0.6 is 11.3 Å². The van der Waals surface area contributed by atoms with Gasteiger partial charge in [-0.25, -0.2) is 4.98 Å². The van der Waals surface area contributed by atoms with Crippen LogP contribution in [-0.2, 0) is 0 Å². The van der Waals surface area contributed by atoms with Crippen LogP contribution in [0, 0.1) is 5.92 Å². The number of nitrogens with zero attached hydrogens (tertiary/aromatic N) is 1. The monoisotopic (exact) mass is 210 g/mol. The third-order valence-corrected chi connectivity index (χ3v) is 3.53. The van der Waals surface area contributed by atoms with E-state index in [1.807, 2.05) is 0 Å². The van der Waals surface area contributed by atoms with Crippen LogP contribution in [0.15, 0.2) is 5.38 Å². The lowest BCUT2D eigenvalue weighted by atomic mass is 9.83. The summed E-state index contributed by atoms with van der Waals surface area (Å²) in [5.74, 6) is 1.45. The molecule has 0 spiro atoms. The van der Waals surface area contributed by atoms with Gasteiger partial charge in [0.25, 0.3) is 0 Å². The Labute approximate surface area is 89.8 Å². The highest BCUT2D eigenvalue weighted by Crippen LogP contribution is 2.37. The van der Waals surface area contributed by atoms with Gasteiger partial charge in [0.05, 0.1) is 5.69 Å². The van der Waals surface area contributed by atoms with Crippen molar-refractivity contribution in [3.8, 4) is 0 Å². The lowest BCUT2D eigenvalue weighted by molar-refractivity contribution is 0.413. The molecule has 1 fully saturated rings. The van der Waals surface area contributed by atoms with Crippen molar-refractivity contribution in [2.24, 2.45) is 5.92 Å². The molecule has 1 heterocycles. The first kappa shape index (κ1) is 9.97. The highest BCUT2D eigenvalue weighted by atomic mass is 32.1. The van der Waals surface area contributed by atoms with Crippen LogP contribution in [0.1, 0.15) is 44.7 Å². The molecule has 0 saturated heterocycles. The summed E-state index contributed by atoms with van der Waals surface area (Å²) >= 11 is 1.75. The third kappa shape index (κ3) is 2.27. The molecule has 0 aromatic carbocycles. The topological polar surface area (TPSA) is 24.9 Å². The van der Waals surface area contributed by atoms with Gasteiger partial charge in [0.2, 0.25) is 0 Å². The fourth-order valence-corrected chi connectivity index (χ4v) is 2.35. The minimum Gasteiger partial charge on any atom is -0.361 e. The van der Waals surface area contributed by atoms with Gasteiger partial charge in [-0.1, -0.05) is 20.3 Å². The third-order valence-electron chi connectivity index (χ3n) is 2.71. The summed E-state index contributed by atoms with van der Waals surface area (Å²) in [7, 11) is 0. The molecule has 1 aromatic rings. The van der Waals surface area contributed by atoms with Crippen molar-refractivity contribution in [2.45, 2.75) is 39.0 Å². The molecule has 1 aromatic heterocycles. The number of thiazole rings is 1. The van der Waals surface area contributed by atoms with Crippen molar-refractivity contribution in [1.29, 1.82) is 0 Å². The van der Waals surface area contributed by atoms with Gasteiger partial charge in [-0.3, -0.25) is 0 Å². The molecule has 1 saturated carbocycles. The zero-order valence-corrected chi connectivity index (χ0v) is 9.73. The van der Waals surface area contributed by atoms with Crippen molar-refractivity contribution in [1.82, 2.24) is 4.98 Å². The average Bonchev–Trinajstić information content (AvgIpc) is 2.46. The number of hydrogen-bond donors (Lipinski definition) is 1. The van der Waals surface area contributed by atoms with Gasteiger partial charge in [-0.05, 0) is 18.8 Å². The smallest absolute Gasteiger partial charge is 0.182 e. The van der Waals surface area contributed by atoms with E-state index in [4.69, 9.17) is 0 Å². The van der Waals surface area contributed by atoms with E-state index in [0.29, 0.717) is 5.92 Å². The van der Waals surface area contributed by atoms with Crippen molar-refractivity contribution < 1.29 is 0 Å². The lowest BCUT2D eigenvalue weighted by Gasteiger charge is -2.22. The van der Waals surface area contributed by atoms with E-state index in [2.05, 4.69) is 29.5 Å². The second kappa shape index (κ2) is 4.30. The Balaban J connectivity index is 1.89. The van der Waals surface area contributed by atoms with E-state index in [1.165, 1.54) is 25.0 Å². The standard InChI is InChI=1S/C11H18N2S/c1-8(2)6-12-11-13-10(7-14-11)9-4-3-5-9/h7-9H,3-6H2,1-2H3,(H,12,13). The summed E-state index contributed by atoms with van der Waals surface area (Å²) in [5.41, 5.74) is 1.31. The molecular formula is C11H18N2S. The van der Waals surface area contributed by atoms with E-state index in [9.17, 15) is 0 Å². The maximum Gasteiger partial charge on any atom is 0.182 e. The second-order valence-electron chi connectivity index (χ2n) is 4.48. The minimum absolute atomic E-state index is 0.686. The fourth-order valence-electron chi connectivity index (χ4n) is 1.55. The van der Waals surface area contributed by atoms with Gasteiger partial charge in [0.1, 0.15) is 0 Å². The predicted molar refractivity (Wildman–Crippen MR) is 62.0 cm³/mol. The lowest BCUT2D eigenvalue weighted by Crippen LogP contribution is -2.10. The van der Waals surface area contributed by atoms with Gasteiger partial charge < -0.3 is 5.32 Å². The SMILES string of the molecule is CC(C)CNc1nc(C2CCC2)cs1. The zero-order chi connectivity index (χ0) is 9.97. The van der Waals surface area contributed by atoms with E-state index in [1.54, 1.807) is 11.3 Å². The summed E-state index contributed by atoms with van der Waals surface area (Å²) in [6, 6.07) is 0. The molecule has 0 atom stereocenters. The molecule has 0 aliphatic heterocycles. The van der Waals surface area contributed by atoms with E-state index < -0.39 is 0 Å².